The molecule has 0 radical (unpaired) electrons. The number of ether oxygens (including phenoxy) is 1. The predicted molar refractivity (Wildman–Crippen MR) is 97.3 cm³/mol. The van der Waals surface area contributed by atoms with Gasteiger partial charge in [0.1, 0.15) is 11.4 Å². The van der Waals surface area contributed by atoms with Gasteiger partial charge in [0.15, 0.2) is 0 Å². The van der Waals surface area contributed by atoms with Crippen molar-refractivity contribution in [2.75, 3.05) is 32.1 Å². The van der Waals surface area contributed by atoms with Gasteiger partial charge < -0.3 is 19.9 Å². The lowest BCUT2D eigenvalue weighted by molar-refractivity contribution is -0.128. The Labute approximate surface area is 156 Å². The van der Waals surface area contributed by atoms with Crippen molar-refractivity contribution < 1.29 is 14.3 Å². The molecule has 2 aliphatic rings. The van der Waals surface area contributed by atoms with E-state index in [1.165, 1.54) is 0 Å². The number of methoxy groups -OCH3 is 1. The summed E-state index contributed by atoms with van der Waals surface area (Å²) < 4.78 is 6.94. The van der Waals surface area contributed by atoms with Crippen LogP contribution in [0.4, 0.5) is 10.5 Å². The lowest BCUT2D eigenvalue weighted by Crippen LogP contribution is -2.52. The summed E-state index contributed by atoms with van der Waals surface area (Å²) in [7, 11) is 1.59. The van der Waals surface area contributed by atoms with Crippen LogP contribution in [0.1, 0.15) is 24.6 Å². The minimum absolute atomic E-state index is 0.108. The Balaban J connectivity index is 1.29. The second-order valence-electron chi connectivity index (χ2n) is 6.83. The average Bonchev–Trinajstić information content (AvgIpc) is 3.24. The Kier molecular flexibility index (Phi) is 4.66. The van der Waals surface area contributed by atoms with Gasteiger partial charge in [0.25, 0.3) is 0 Å². The molecule has 9 nitrogen and oxygen atoms in total. The first-order valence-corrected chi connectivity index (χ1v) is 9.01. The van der Waals surface area contributed by atoms with Gasteiger partial charge in [0.2, 0.25) is 5.91 Å². The van der Waals surface area contributed by atoms with Gasteiger partial charge in [0.05, 0.1) is 25.9 Å². The second kappa shape index (κ2) is 7.26. The van der Waals surface area contributed by atoms with Crippen molar-refractivity contribution in [3.05, 3.63) is 36.2 Å². The van der Waals surface area contributed by atoms with Crippen LogP contribution in [-0.4, -0.2) is 63.5 Å². The van der Waals surface area contributed by atoms with Gasteiger partial charge in [-0.15, -0.1) is 5.10 Å². The van der Waals surface area contributed by atoms with Crippen LogP contribution < -0.4 is 10.1 Å². The zero-order valence-corrected chi connectivity index (χ0v) is 15.2. The average molecular weight is 370 g/mol. The van der Waals surface area contributed by atoms with E-state index in [1.807, 2.05) is 29.3 Å². The molecule has 9 heteroatoms. The van der Waals surface area contributed by atoms with E-state index in [1.54, 1.807) is 22.8 Å². The molecule has 2 fully saturated rings. The van der Waals surface area contributed by atoms with Crippen LogP contribution in [0.5, 0.6) is 5.75 Å². The van der Waals surface area contributed by atoms with Gasteiger partial charge in [-0.25, -0.2) is 9.48 Å². The third-order valence-corrected chi connectivity index (χ3v) is 4.93. The van der Waals surface area contributed by atoms with Crippen LogP contribution in [-0.2, 0) is 11.3 Å². The number of aromatic nitrogens is 3. The fourth-order valence-electron chi connectivity index (χ4n) is 3.32. The summed E-state index contributed by atoms with van der Waals surface area (Å²) in [5.74, 6) is 0.870. The van der Waals surface area contributed by atoms with E-state index in [9.17, 15) is 9.59 Å². The molecule has 1 N–H and O–H groups in total. The number of carbonyl (C=O) groups excluding carboxylic acids is 2. The fourth-order valence-corrected chi connectivity index (χ4v) is 3.32. The third kappa shape index (κ3) is 3.71. The number of hydrogen-bond acceptors (Lipinski definition) is 5. The van der Waals surface area contributed by atoms with Gasteiger partial charge >= 0.3 is 6.03 Å². The number of benzene rings is 1. The van der Waals surface area contributed by atoms with Crippen LogP contribution in [0, 0.1) is 0 Å². The number of anilines is 1. The van der Waals surface area contributed by atoms with Gasteiger partial charge in [-0.1, -0.05) is 11.3 Å². The number of carbonyl (C=O) groups is 2. The van der Waals surface area contributed by atoms with Crippen LogP contribution in [0.15, 0.2) is 30.5 Å². The Morgan fingerprint density at radius 1 is 1.37 bits per heavy atom. The quantitative estimate of drug-likeness (QED) is 0.861. The molecule has 1 aromatic carbocycles. The van der Waals surface area contributed by atoms with E-state index in [2.05, 4.69) is 15.6 Å². The van der Waals surface area contributed by atoms with E-state index in [0.717, 1.165) is 18.7 Å². The zero-order valence-electron chi connectivity index (χ0n) is 15.2. The zero-order chi connectivity index (χ0) is 18.8. The van der Waals surface area contributed by atoms with Gasteiger partial charge in [-0.2, -0.15) is 0 Å². The standard InChI is InChI=1S/C18H22N6O3/c1-27-16-5-2-4-13(8-16)19-18(26)23-11-15(12-23)24-10-14(20-21-24)9-22-7-3-6-17(22)25/h2,4-5,8,10,15H,3,6-7,9,11-12H2,1H3,(H,19,26). The molecular formula is C18H22N6O3. The molecule has 0 atom stereocenters. The molecule has 142 valence electrons. The molecule has 0 aliphatic carbocycles. The van der Waals surface area contributed by atoms with Crippen LogP contribution >= 0.6 is 0 Å². The lowest BCUT2D eigenvalue weighted by atomic mass is 10.1. The molecule has 0 unspecified atom stereocenters. The van der Waals surface area contributed by atoms with Gasteiger partial charge in [0, 0.05) is 37.8 Å². The molecule has 1 aromatic heterocycles. The Hall–Kier alpha value is -3.10. The summed E-state index contributed by atoms with van der Waals surface area (Å²) in [5.41, 5.74) is 1.48. The predicted octanol–water partition coefficient (Wildman–Crippen LogP) is 1.50. The summed E-state index contributed by atoms with van der Waals surface area (Å²) in [4.78, 5) is 27.6. The maximum atomic E-state index is 12.3. The first-order chi connectivity index (χ1) is 13.1. The Bertz CT molecular complexity index is 845. The maximum absolute atomic E-state index is 12.3. The van der Waals surface area contributed by atoms with Crippen molar-refractivity contribution in [2.45, 2.75) is 25.4 Å². The van der Waals surface area contributed by atoms with Crippen molar-refractivity contribution in [3.63, 3.8) is 0 Å². The highest BCUT2D eigenvalue weighted by molar-refractivity contribution is 5.90. The molecule has 3 heterocycles. The van der Waals surface area contributed by atoms with E-state index in [4.69, 9.17) is 4.74 Å². The number of hydrogen-bond donors (Lipinski definition) is 1. The molecule has 2 aromatic rings. The van der Waals surface area contributed by atoms with Crippen molar-refractivity contribution in [1.82, 2.24) is 24.8 Å². The molecule has 2 aliphatic heterocycles. The highest BCUT2D eigenvalue weighted by Gasteiger charge is 2.33. The smallest absolute Gasteiger partial charge is 0.321 e. The highest BCUT2D eigenvalue weighted by atomic mass is 16.5. The maximum Gasteiger partial charge on any atom is 0.321 e. The number of nitrogens with zero attached hydrogens (tertiary/aromatic N) is 5. The summed E-state index contributed by atoms with van der Waals surface area (Å²) in [6.07, 6.45) is 3.40. The minimum Gasteiger partial charge on any atom is -0.497 e. The number of likely N-dealkylation sites (tertiary alicyclic amines) is 2. The highest BCUT2D eigenvalue weighted by Crippen LogP contribution is 2.23. The van der Waals surface area contributed by atoms with E-state index in [0.29, 0.717) is 37.5 Å². The molecule has 4 rings (SSSR count). The molecule has 0 saturated carbocycles. The summed E-state index contributed by atoms with van der Waals surface area (Å²) >= 11 is 0. The number of urea groups is 1. The third-order valence-electron chi connectivity index (χ3n) is 4.93. The van der Waals surface area contributed by atoms with Crippen LogP contribution in [0.3, 0.4) is 0 Å². The van der Waals surface area contributed by atoms with E-state index >= 15 is 0 Å². The summed E-state index contributed by atoms with van der Waals surface area (Å²) in [5, 5.41) is 11.2. The van der Waals surface area contributed by atoms with Crippen molar-refractivity contribution in [2.24, 2.45) is 0 Å². The Morgan fingerprint density at radius 2 is 2.22 bits per heavy atom. The van der Waals surface area contributed by atoms with Gasteiger partial charge in [-0.05, 0) is 18.6 Å². The van der Waals surface area contributed by atoms with Crippen molar-refractivity contribution in [1.29, 1.82) is 0 Å². The Morgan fingerprint density at radius 3 is 2.96 bits per heavy atom. The molecule has 0 spiro atoms. The van der Waals surface area contributed by atoms with Crippen molar-refractivity contribution >= 4 is 17.6 Å². The minimum atomic E-state index is -0.150. The second-order valence-corrected chi connectivity index (χ2v) is 6.83. The van der Waals surface area contributed by atoms with E-state index in [-0.39, 0.29) is 18.0 Å². The first-order valence-electron chi connectivity index (χ1n) is 9.01. The molecule has 3 amide bonds. The molecule has 27 heavy (non-hydrogen) atoms. The summed E-state index contributed by atoms with van der Waals surface area (Å²) in [6.45, 7) is 2.43. The molecular weight excluding hydrogens is 348 g/mol. The normalized spacial score (nSPS) is 17.1. The number of nitrogens with one attached hydrogen (secondary N) is 1. The number of rotatable bonds is 5. The first kappa shape index (κ1) is 17.3. The van der Waals surface area contributed by atoms with E-state index < -0.39 is 0 Å². The molecule has 2 saturated heterocycles. The van der Waals surface area contributed by atoms with Crippen LogP contribution in [0.2, 0.25) is 0 Å². The largest absolute Gasteiger partial charge is 0.497 e. The fraction of sp³-hybridized carbons (Fsp3) is 0.444. The SMILES string of the molecule is COc1cccc(NC(=O)N2CC(n3cc(CN4CCCC4=O)nn3)C2)c1. The monoisotopic (exact) mass is 370 g/mol. The lowest BCUT2D eigenvalue weighted by Gasteiger charge is -2.38. The summed E-state index contributed by atoms with van der Waals surface area (Å²) in [6, 6.07) is 7.21. The topological polar surface area (TPSA) is 92.6 Å². The van der Waals surface area contributed by atoms with Gasteiger partial charge in [-0.3, -0.25) is 4.79 Å². The number of amides is 3. The van der Waals surface area contributed by atoms with Crippen molar-refractivity contribution in [3.8, 4) is 5.75 Å². The van der Waals surface area contributed by atoms with Crippen LogP contribution in [0.25, 0.3) is 0 Å². The molecule has 0 bridgehead atoms.